The normalized spacial score (nSPS) is 12.5. The summed E-state index contributed by atoms with van der Waals surface area (Å²) in [6, 6.07) is -0.105. The molecule has 0 bridgehead atoms. The summed E-state index contributed by atoms with van der Waals surface area (Å²) < 4.78 is 1.77. The van der Waals surface area contributed by atoms with Crippen LogP contribution in [-0.2, 0) is 11.3 Å². The zero-order valence-electron chi connectivity index (χ0n) is 9.23. The highest BCUT2D eigenvalue weighted by atomic mass is 16.1. The SMILES string of the molecule is CCCNC(=O)Cn1cncc1[C@H](C)N. The van der Waals surface area contributed by atoms with Gasteiger partial charge in [0.1, 0.15) is 6.54 Å². The number of carbonyl (C=O) groups is 1. The Hall–Kier alpha value is -1.36. The van der Waals surface area contributed by atoms with Crippen molar-refractivity contribution in [2.45, 2.75) is 32.9 Å². The summed E-state index contributed by atoms with van der Waals surface area (Å²) in [7, 11) is 0. The molecule has 0 aliphatic carbocycles. The molecule has 1 amide bonds. The number of amides is 1. The van der Waals surface area contributed by atoms with Gasteiger partial charge in [-0.1, -0.05) is 6.92 Å². The number of carbonyl (C=O) groups excluding carboxylic acids is 1. The van der Waals surface area contributed by atoms with E-state index in [-0.39, 0.29) is 18.5 Å². The van der Waals surface area contributed by atoms with Crippen molar-refractivity contribution in [3.63, 3.8) is 0 Å². The van der Waals surface area contributed by atoms with Gasteiger partial charge in [0.2, 0.25) is 5.91 Å². The Morgan fingerprint density at radius 1 is 1.73 bits per heavy atom. The Balaban J connectivity index is 2.56. The van der Waals surface area contributed by atoms with E-state index in [2.05, 4.69) is 10.3 Å². The fraction of sp³-hybridized carbons (Fsp3) is 0.600. The van der Waals surface area contributed by atoms with Crippen LogP contribution in [0.1, 0.15) is 32.0 Å². The predicted octanol–water partition coefficient (Wildman–Crippen LogP) is 0.429. The molecule has 0 aliphatic rings. The van der Waals surface area contributed by atoms with E-state index in [1.165, 1.54) is 0 Å². The van der Waals surface area contributed by atoms with E-state index in [1.807, 2.05) is 13.8 Å². The van der Waals surface area contributed by atoms with Crippen LogP contribution in [-0.4, -0.2) is 22.0 Å². The van der Waals surface area contributed by atoms with Crippen LogP contribution in [0.25, 0.3) is 0 Å². The van der Waals surface area contributed by atoms with Gasteiger partial charge in [-0.05, 0) is 13.3 Å². The zero-order valence-corrected chi connectivity index (χ0v) is 9.23. The molecule has 5 nitrogen and oxygen atoms in total. The van der Waals surface area contributed by atoms with Crippen molar-refractivity contribution in [1.82, 2.24) is 14.9 Å². The number of rotatable bonds is 5. The quantitative estimate of drug-likeness (QED) is 0.740. The van der Waals surface area contributed by atoms with Crippen molar-refractivity contribution in [3.8, 4) is 0 Å². The first-order valence-corrected chi connectivity index (χ1v) is 5.17. The first-order chi connectivity index (χ1) is 7.15. The van der Waals surface area contributed by atoms with Crippen LogP contribution in [0.15, 0.2) is 12.5 Å². The third-order valence-corrected chi connectivity index (χ3v) is 2.10. The molecule has 0 fully saturated rings. The van der Waals surface area contributed by atoms with Crippen molar-refractivity contribution in [2.24, 2.45) is 5.73 Å². The molecule has 0 radical (unpaired) electrons. The monoisotopic (exact) mass is 210 g/mol. The maximum Gasteiger partial charge on any atom is 0.239 e. The van der Waals surface area contributed by atoms with Crippen LogP contribution in [0.5, 0.6) is 0 Å². The second-order valence-electron chi connectivity index (χ2n) is 3.59. The standard InChI is InChI=1S/C10H18N4O/c1-3-4-13-10(15)6-14-7-12-5-9(14)8(2)11/h5,7-8H,3-4,6,11H2,1-2H3,(H,13,15)/t8-/m0/s1. The Labute approximate surface area is 89.7 Å². The number of nitrogens with one attached hydrogen (secondary N) is 1. The lowest BCUT2D eigenvalue weighted by atomic mass is 10.3. The summed E-state index contributed by atoms with van der Waals surface area (Å²) in [6.07, 6.45) is 4.26. The molecule has 0 aromatic carbocycles. The minimum Gasteiger partial charge on any atom is -0.355 e. The molecule has 15 heavy (non-hydrogen) atoms. The van der Waals surface area contributed by atoms with Gasteiger partial charge in [-0.3, -0.25) is 4.79 Å². The van der Waals surface area contributed by atoms with Gasteiger partial charge in [-0.25, -0.2) is 4.98 Å². The first-order valence-electron chi connectivity index (χ1n) is 5.17. The smallest absolute Gasteiger partial charge is 0.239 e. The lowest BCUT2D eigenvalue weighted by Crippen LogP contribution is -2.29. The fourth-order valence-corrected chi connectivity index (χ4v) is 1.32. The van der Waals surface area contributed by atoms with Crippen LogP contribution in [0, 0.1) is 0 Å². The van der Waals surface area contributed by atoms with Crippen molar-refractivity contribution in [2.75, 3.05) is 6.54 Å². The van der Waals surface area contributed by atoms with Gasteiger partial charge < -0.3 is 15.6 Å². The van der Waals surface area contributed by atoms with Gasteiger partial charge in [-0.15, -0.1) is 0 Å². The lowest BCUT2D eigenvalue weighted by molar-refractivity contribution is -0.121. The average molecular weight is 210 g/mol. The molecule has 1 aromatic heterocycles. The third-order valence-electron chi connectivity index (χ3n) is 2.10. The van der Waals surface area contributed by atoms with Crippen LogP contribution in [0.2, 0.25) is 0 Å². The minimum atomic E-state index is -0.105. The highest BCUT2D eigenvalue weighted by Crippen LogP contribution is 2.07. The second-order valence-corrected chi connectivity index (χ2v) is 3.59. The number of nitrogens with zero attached hydrogens (tertiary/aromatic N) is 2. The molecule has 1 aromatic rings. The van der Waals surface area contributed by atoms with Crippen LogP contribution in [0.3, 0.4) is 0 Å². The molecule has 0 aliphatic heterocycles. The first kappa shape index (κ1) is 11.7. The second kappa shape index (κ2) is 5.50. The molecule has 1 atom stereocenters. The largest absolute Gasteiger partial charge is 0.355 e. The molecular weight excluding hydrogens is 192 g/mol. The van der Waals surface area contributed by atoms with Crippen molar-refractivity contribution < 1.29 is 4.79 Å². The molecule has 1 rings (SSSR count). The molecular formula is C10H18N4O. The van der Waals surface area contributed by atoms with Crippen molar-refractivity contribution in [1.29, 1.82) is 0 Å². The van der Waals surface area contributed by atoms with Gasteiger partial charge in [0, 0.05) is 18.8 Å². The highest BCUT2D eigenvalue weighted by Gasteiger charge is 2.09. The molecule has 3 N–H and O–H groups in total. The van der Waals surface area contributed by atoms with E-state index < -0.39 is 0 Å². The number of imidazole rings is 1. The molecule has 0 saturated carbocycles. The summed E-state index contributed by atoms with van der Waals surface area (Å²) in [4.78, 5) is 15.4. The maximum atomic E-state index is 11.4. The number of hydrogen-bond acceptors (Lipinski definition) is 3. The van der Waals surface area contributed by atoms with Crippen LogP contribution in [0.4, 0.5) is 0 Å². The van der Waals surface area contributed by atoms with Gasteiger partial charge >= 0.3 is 0 Å². The Kier molecular flexibility index (Phi) is 4.30. The number of hydrogen-bond donors (Lipinski definition) is 2. The summed E-state index contributed by atoms with van der Waals surface area (Å²) >= 11 is 0. The van der Waals surface area contributed by atoms with E-state index in [1.54, 1.807) is 17.1 Å². The summed E-state index contributed by atoms with van der Waals surface area (Å²) in [5.41, 5.74) is 6.62. The van der Waals surface area contributed by atoms with E-state index in [9.17, 15) is 4.79 Å². The summed E-state index contributed by atoms with van der Waals surface area (Å²) in [5, 5.41) is 2.81. The molecule has 1 heterocycles. The van der Waals surface area contributed by atoms with E-state index in [4.69, 9.17) is 5.73 Å². The van der Waals surface area contributed by atoms with E-state index in [0.29, 0.717) is 6.54 Å². The van der Waals surface area contributed by atoms with Crippen molar-refractivity contribution >= 4 is 5.91 Å². The summed E-state index contributed by atoms with van der Waals surface area (Å²) in [5.74, 6) is -0.00301. The van der Waals surface area contributed by atoms with E-state index >= 15 is 0 Å². The Bertz CT molecular complexity index is 319. The number of aromatic nitrogens is 2. The average Bonchev–Trinajstić information content (AvgIpc) is 2.62. The summed E-state index contributed by atoms with van der Waals surface area (Å²) in [6.45, 7) is 4.89. The highest BCUT2D eigenvalue weighted by molar-refractivity contribution is 5.75. The van der Waals surface area contributed by atoms with Crippen LogP contribution >= 0.6 is 0 Å². The fourth-order valence-electron chi connectivity index (χ4n) is 1.32. The topological polar surface area (TPSA) is 72.9 Å². The Morgan fingerprint density at radius 3 is 3.07 bits per heavy atom. The van der Waals surface area contributed by atoms with E-state index in [0.717, 1.165) is 12.1 Å². The van der Waals surface area contributed by atoms with Crippen LogP contribution < -0.4 is 11.1 Å². The third kappa shape index (κ3) is 3.36. The lowest BCUT2D eigenvalue weighted by Gasteiger charge is -2.10. The predicted molar refractivity (Wildman–Crippen MR) is 58.1 cm³/mol. The Morgan fingerprint density at radius 2 is 2.47 bits per heavy atom. The minimum absolute atomic E-state index is 0.00301. The van der Waals surface area contributed by atoms with Gasteiger partial charge in [0.05, 0.1) is 12.0 Å². The molecule has 0 spiro atoms. The van der Waals surface area contributed by atoms with Gasteiger partial charge in [-0.2, -0.15) is 0 Å². The van der Waals surface area contributed by atoms with Crippen molar-refractivity contribution in [3.05, 3.63) is 18.2 Å². The van der Waals surface area contributed by atoms with Gasteiger partial charge in [0.15, 0.2) is 0 Å². The molecule has 84 valence electrons. The maximum absolute atomic E-state index is 11.4. The van der Waals surface area contributed by atoms with Gasteiger partial charge in [0.25, 0.3) is 0 Å². The number of nitrogens with two attached hydrogens (primary N) is 1. The molecule has 5 heteroatoms. The molecule has 0 saturated heterocycles. The zero-order chi connectivity index (χ0) is 11.3. The molecule has 0 unspecified atom stereocenters.